The van der Waals surface area contributed by atoms with Crippen LogP contribution in [0.25, 0.3) is 0 Å². The third-order valence-corrected chi connectivity index (χ3v) is 2.79. The zero-order valence-electron chi connectivity index (χ0n) is 12.3. The predicted molar refractivity (Wildman–Crippen MR) is 75.8 cm³/mol. The summed E-state index contributed by atoms with van der Waals surface area (Å²) >= 11 is 0. The first-order valence-corrected chi connectivity index (χ1v) is 6.82. The van der Waals surface area contributed by atoms with Crippen molar-refractivity contribution >= 4 is 11.9 Å². The number of rotatable bonds is 6. The molecule has 5 heteroatoms. The smallest absolute Gasteiger partial charge is 0.333 e. The van der Waals surface area contributed by atoms with Crippen molar-refractivity contribution in [3.8, 4) is 0 Å². The largest absolute Gasteiger partial charge is 0.461 e. The highest BCUT2D eigenvalue weighted by Crippen LogP contribution is 1.94. The lowest BCUT2D eigenvalue weighted by molar-refractivity contribution is -0.139. The monoisotopic (exact) mass is 270 g/mol. The van der Waals surface area contributed by atoms with Crippen molar-refractivity contribution in [1.29, 1.82) is 0 Å². The molecule has 1 amide bonds. The summed E-state index contributed by atoms with van der Waals surface area (Å²) in [6.07, 6.45) is 1.76. The van der Waals surface area contributed by atoms with E-state index in [1.807, 2.05) is 0 Å². The van der Waals surface area contributed by atoms with Gasteiger partial charge in [-0.1, -0.05) is 20.4 Å². The average Bonchev–Trinajstić information content (AvgIpc) is 2.86. The maximum absolute atomic E-state index is 11.0. The molecule has 0 radical (unpaired) electrons. The maximum atomic E-state index is 11.0. The van der Waals surface area contributed by atoms with Crippen molar-refractivity contribution in [1.82, 2.24) is 10.2 Å². The Balaban J connectivity index is 0.000000443. The molecule has 0 aromatic heterocycles. The molecule has 0 unspecified atom stereocenters. The molecule has 1 fully saturated rings. The van der Waals surface area contributed by atoms with E-state index in [4.69, 9.17) is 4.74 Å². The summed E-state index contributed by atoms with van der Waals surface area (Å²) in [6, 6.07) is 0. The first-order chi connectivity index (χ1) is 9.01. The zero-order valence-corrected chi connectivity index (χ0v) is 12.3. The van der Waals surface area contributed by atoms with E-state index >= 15 is 0 Å². The summed E-state index contributed by atoms with van der Waals surface area (Å²) < 4.78 is 4.96. The molecule has 1 aliphatic heterocycles. The molecule has 0 aromatic rings. The van der Waals surface area contributed by atoms with Crippen LogP contribution in [0, 0.1) is 0 Å². The summed E-state index contributed by atoms with van der Waals surface area (Å²) in [6.45, 7) is 13.4. The second kappa shape index (κ2) is 10.6. The predicted octanol–water partition coefficient (Wildman–Crippen LogP) is 1.34. The Bertz CT molecular complexity index is 291. The minimum Gasteiger partial charge on any atom is -0.461 e. The van der Waals surface area contributed by atoms with Gasteiger partial charge in [-0.05, 0) is 26.4 Å². The fraction of sp³-hybridized carbons (Fsp3) is 0.714. The first-order valence-electron chi connectivity index (χ1n) is 6.82. The number of hydrogen-bond acceptors (Lipinski definition) is 4. The lowest BCUT2D eigenvalue weighted by Crippen LogP contribution is -2.27. The third-order valence-electron chi connectivity index (χ3n) is 2.79. The van der Waals surface area contributed by atoms with Crippen molar-refractivity contribution in [3.05, 3.63) is 12.2 Å². The van der Waals surface area contributed by atoms with Crippen molar-refractivity contribution < 1.29 is 14.3 Å². The van der Waals surface area contributed by atoms with Crippen LogP contribution in [0.15, 0.2) is 12.2 Å². The van der Waals surface area contributed by atoms with Crippen LogP contribution in [-0.4, -0.2) is 49.6 Å². The van der Waals surface area contributed by atoms with Crippen molar-refractivity contribution in [2.24, 2.45) is 0 Å². The van der Waals surface area contributed by atoms with Gasteiger partial charge in [0, 0.05) is 25.1 Å². The van der Waals surface area contributed by atoms with Crippen LogP contribution in [0.2, 0.25) is 0 Å². The summed E-state index contributed by atoms with van der Waals surface area (Å²) in [4.78, 5) is 23.3. The van der Waals surface area contributed by atoms with Gasteiger partial charge in [0.25, 0.3) is 0 Å². The van der Waals surface area contributed by atoms with Crippen LogP contribution in [-0.2, 0) is 14.3 Å². The van der Waals surface area contributed by atoms with Gasteiger partial charge in [-0.3, -0.25) is 4.79 Å². The molecule has 1 saturated heterocycles. The Morgan fingerprint density at radius 3 is 2.37 bits per heavy atom. The summed E-state index contributed by atoms with van der Waals surface area (Å²) in [7, 11) is 0. The van der Waals surface area contributed by atoms with Crippen molar-refractivity contribution in [2.75, 3.05) is 32.8 Å². The Labute approximate surface area is 116 Å². The lowest BCUT2D eigenvalue weighted by Gasteiger charge is -2.17. The van der Waals surface area contributed by atoms with Crippen LogP contribution < -0.4 is 5.32 Å². The van der Waals surface area contributed by atoms with E-state index in [-0.39, 0.29) is 11.9 Å². The Kier molecular flexibility index (Phi) is 9.80. The average molecular weight is 270 g/mol. The molecule has 1 N–H and O–H groups in total. The number of esters is 1. The molecule has 0 aromatic carbocycles. The van der Waals surface area contributed by atoms with Crippen LogP contribution >= 0.6 is 0 Å². The third kappa shape index (κ3) is 9.25. The number of hydrogen-bond donors (Lipinski definition) is 1. The van der Waals surface area contributed by atoms with E-state index in [9.17, 15) is 9.59 Å². The van der Waals surface area contributed by atoms with Gasteiger partial charge in [0.05, 0.1) is 0 Å². The van der Waals surface area contributed by atoms with E-state index in [1.54, 1.807) is 6.92 Å². The number of nitrogens with one attached hydrogen (secondary N) is 1. The highest BCUT2D eigenvalue weighted by Gasteiger charge is 2.05. The highest BCUT2D eigenvalue weighted by atomic mass is 16.5. The fourth-order valence-corrected chi connectivity index (χ4v) is 1.50. The fourth-order valence-electron chi connectivity index (χ4n) is 1.50. The number of likely N-dealkylation sites (N-methyl/N-ethyl adjacent to an activating group) is 1. The summed E-state index contributed by atoms with van der Waals surface area (Å²) in [5.74, 6) is -0.0952. The van der Waals surface area contributed by atoms with E-state index < -0.39 is 0 Å². The second-order valence-corrected chi connectivity index (χ2v) is 4.40. The molecule has 19 heavy (non-hydrogen) atoms. The molecule has 0 spiro atoms. The van der Waals surface area contributed by atoms with Gasteiger partial charge >= 0.3 is 5.97 Å². The first kappa shape index (κ1) is 17.6. The van der Waals surface area contributed by atoms with Crippen LogP contribution in [0.4, 0.5) is 0 Å². The molecule has 0 bridgehead atoms. The zero-order chi connectivity index (χ0) is 14.7. The molecule has 1 heterocycles. The number of carbonyl (C=O) groups excluding carboxylic acids is 2. The topological polar surface area (TPSA) is 58.6 Å². The Hall–Kier alpha value is -1.36. The van der Waals surface area contributed by atoms with Gasteiger partial charge < -0.3 is 15.0 Å². The Morgan fingerprint density at radius 1 is 1.42 bits per heavy atom. The van der Waals surface area contributed by atoms with Crippen LogP contribution in [0.1, 0.15) is 33.6 Å². The second-order valence-electron chi connectivity index (χ2n) is 4.40. The molecule has 1 aliphatic rings. The molecule has 0 aliphatic carbocycles. The number of ether oxygens (including phenoxy) is 1. The van der Waals surface area contributed by atoms with Gasteiger partial charge in [-0.15, -0.1) is 0 Å². The van der Waals surface area contributed by atoms with Gasteiger partial charge in [0.2, 0.25) is 5.91 Å². The van der Waals surface area contributed by atoms with Gasteiger partial charge in [-0.2, -0.15) is 0 Å². The molecule has 110 valence electrons. The molecule has 5 nitrogen and oxygen atoms in total. The van der Waals surface area contributed by atoms with Crippen molar-refractivity contribution in [3.63, 3.8) is 0 Å². The van der Waals surface area contributed by atoms with E-state index in [1.165, 1.54) is 0 Å². The van der Waals surface area contributed by atoms with Crippen molar-refractivity contribution in [2.45, 2.75) is 33.6 Å². The standard InChI is InChI=1S/C10H19NO2.C4H7NO/c1-5-11(6-2)7-8-13-10(12)9(3)4;6-4-2-1-3-5-4/h3,5-8H2,1-2,4H3;1-3H2,(H,5,6). The minimum atomic E-state index is -0.299. The maximum Gasteiger partial charge on any atom is 0.333 e. The SMILES string of the molecule is C=C(C)C(=O)OCCN(CC)CC.O=C1CCCN1. The summed E-state index contributed by atoms with van der Waals surface area (Å²) in [5, 5.41) is 2.68. The number of amides is 1. The van der Waals surface area contributed by atoms with Gasteiger partial charge in [-0.25, -0.2) is 4.79 Å². The molecule has 0 saturated carbocycles. The van der Waals surface area contributed by atoms with Gasteiger partial charge in [0.15, 0.2) is 0 Å². The van der Waals surface area contributed by atoms with E-state index in [0.29, 0.717) is 12.2 Å². The van der Waals surface area contributed by atoms with Crippen LogP contribution in [0.5, 0.6) is 0 Å². The minimum absolute atomic E-state index is 0.204. The van der Waals surface area contributed by atoms with Gasteiger partial charge in [0.1, 0.15) is 6.61 Å². The highest BCUT2D eigenvalue weighted by molar-refractivity contribution is 5.86. The van der Waals surface area contributed by atoms with E-state index in [2.05, 4.69) is 30.6 Å². The molecular formula is C14H26N2O3. The lowest BCUT2D eigenvalue weighted by atomic mass is 10.4. The van der Waals surface area contributed by atoms with E-state index in [0.717, 1.165) is 39.0 Å². The quantitative estimate of drug-likeness (QED) is 0.584. The van der Waals surface area contributed by atoms with Crippen LogP contribution in [0.3, 0.4) is 0 Å². The molecule has 0 atom stereocenters. The summed E-state index contributed by atoms with van der Waals surface area (Å²) in [5.41, 5.74) is 0.458. The normalized spacial score (nSPS) is 13.6. The number of nitrogens with zero attached hydrogens (tertiary/aromatic N) is 1. The molecular weight excluding hydrogens is 244 g/mol. The number of carbonyl (C=O) groups is 2. The molecule has 1 rings (SSSR count). The Morgan fingerprint density at radius 2 is 2.05 bits per heavy atom.